The maximum absolute atomic E-state index is 13.1. The maximum Gasteiger partial charge on any atom is 0.345 e. The summed E-state index contributed by atoms with van der Waals surface area (Å²) in [5.41, 5.74) is 1.90. The van der Waals surface area contributed by atoms with Gasteiger partial charge in [0.1, 0.15) is 5.00 Å². The summed E-state index contributed by atoms with van der Waals surface area (Å²) in [5.74, 6) is -0.0570. The van der Waals surface area contributed by atoms with E-state index in [-0.39, 0.29) is 12.5 Å². The Bertz CT molecular complexity index is 742. The second kappa shape index (κ2) is 6.29. The van der Waals surface area contributed by atoms with E-state index >= 15 is 0 Å². The summed E-state index contributed by atoms with van der Waals surface area (Å²) in [6, 6.07) is 3.86. The molecule has 0 spiro atoms. The molecule has 7 heteroatoms. The number of hydrogen-bond donors (Lipinski definition) is 0. The predicted molar refractivity (Wildman–Crippen MR) is 87.1 cm³/mol. The summed E-state index contributed by atoms with van der Waals surface area (Å²) < 4.78 is 31.3. The average Bonchev–Trinajstić information content (AvgIpc) is 3.29. The molecule has 2 aromatic heterocycles. The first-order chi connectivity index (χ1) is 11.6. The van der Waals surface area contributed by atoms with Crippen LogP contribution in [0.4, 0.5) is 8.78 Å². The van der Waals surface area contributed by atoms with Gasteiger partial charge in [0.2, 0.25) is 0 Å². The van der Waals surface area contributed by atoms with Crippen LogP contribution in [0.2, 0.25) is 0 Å². The first-order valence-electron chi connectivity index (χ1n) is 8.14. The molecule has 0 saturated carbocycles. The lowest BCUT2D eigenvalue weighted by atomic mass is 10.1. The molecule has 2 aromatic rings. The largest absolute Gasteiger partial charge is 0.345 e. The van der Waals surface area contributed by atoms with Gasteiger partial charge < -0.3 is 14.2 Å². The highest BCUT2D eigenvalue weighted by Gasteiger charge is 2.34. The number of thiophene rings is 1. The highest BCUT2D eigenvalue weighted by molar-refractivity contribution is 7.15. The van der Waals surface area contributed by atoms with Crippen molar-refractivity contribution in [2.24, 2.45) is 0 Å². The Balaban J connectivity index is 1.63. The number of ether oxygens (including phenoxy) is 1. The zero-order valence-electron chi connectivity index (χ0n) is 13.1. The van der Waals surface area contributed by atoms with Crippen LogP contribution in [-0.2, 0) is 17.6 Å². The minimum Gasteiger partial charge on any atom is -0.336 e. The summed E-state index contributed by atoms with van der Waals surface area (Å²) in [7, 11) is 0. The molecule has 24 heavy (non-hydrogen) atoms. The highest BCUT2D eigenvalue weighted by Crippen LogP contribution is 2.39. The molecular formula is C17H18F2N2O2S. The van der Waals surface area contributed by atoms with E-state index < -0.39 is 12.7 Å². The Morgan fingerprint density at radius 2 is 2.08 bits per heavy atom. The van der Waals surface area contributed by atoms with Crippen LogP contribution in [0, 0.1) is 0 Å². The first-order valence-corrected chi connectivity index (χ1v) is 8.96. The molecule has 4 rings (SSSR count). The van der Waals surface area contributed by atoms with Crippen molar-refractivity contribution in [1.82, 2.24) is 9.47 Å². The lowest BCUT2D eigenvalue weighted by Gasteiger charge is -2.18. The molecule has 1 aliphatic carbocycles. The molecule has 0 bridgehead atoms. The Morgan fingerprint density at radius 1 is 1.29 bits per heavy atom. The Kier molecular flexibility index (Phi) is 4.14. The standard InChI is InChI=1S/C17H18F2N2O2S/c18-17(19)23-11-6-9-21(10-11)15(22)14-12-4-3-5-13(12)24-16(14)20-7-1-2-8-20/h1-2,7-8,11,17H,3-6,9-10H2/t11-/m0/s1. The van der Waals surface area contributed by atoms with Crippen molar-refractivity contribution >= 4 is 17.2 Å². The number of rotatable bonds is 4. The molecule has 1 amide bonds. The van der Waals surface area contributed by atoms with Gasteiger partial charge in [0.05, 0.1) is 11.7 Å². The quantitative estimate of drug-likeness (QED) is 0.844. The number of halogens is 2. The van der Waals surface area contributed by atoms with Gasteiger partial charge in [0, 0.05) is 30.4 Å². The molecule has 1 fully saturated rings. The molecule has 1 atom stereocenters. The minimum atomic E-state index is -2.79. The van der Waals surface area contributed by atoms with Gasteiger partial charge in [-0.3, -0.25) is 4.79 Å². The highest BCUT2D eigenvalue weighted by atomic mass is 32.1. The number of amides is 1. The molecule has 128 valence electrons. The second-order valence-electron chi connectivity index (χ2n) is 6.19. The fraction of sp³-hybridized carbons (Fsp3) is 0.471. The molecule has 1 aliphatic heterocycles. The normalized spacial score (nSPS) is 20.1. The molecule has 1 saturated heterocycles. The van der Waals surface area contributed by atoms with Gasteiger partial charge in [-0.05, 0) is 43.4 Å². The Hall–Kier alpha value is -1.73. The molecule has 3 heterocycles. The van der Waals surface area contributed by atoms with E-state index in [1.54, 1.807) is 16.2 Å². The van der Waals surface area contributed by atoms with Gasteiger partial charge in [-0.25, -0.2) is 0 Å². The lowest BCUT2D eigenvalue weighted by molar-refractivity contribution is -0.158. The molecule has 0 unspecified atom stereocenters. The molecule has 0 aromatic carbocycles. The third kappa shape index (κ3) is 2.75. The van der Waals surface area contributed by atoms with E-state index in [1.807, 2.05) is 29.1 Å². The van der Waals surface area contributed by atoms with Gasteiger partial charge in [0.25, 0.3) is 5.91 Å². The van der Waals surface area contributed by atoms with E-state index in [2.05, 4.69) is 4.74 Å². The number of hydrogen-bond acceptors (Lipinski definition) is 3. The van der Waals surface area contributed by atoms with Gasteiger partial charge >= 0.3 is 6.61 Å². The molecular weight excluding hydrogens is 334 g/mol. The summed E-state index contributed by atoms with van der Waals surface area (Å²) >= 11 is 1.67. The number of fused-ring (bicyclic) bond motifs is 1. The van der Waals surface area contributed by atoms with Gasteiger partial charge in [-0.15, -0.1) is 11.3 Å². The van der Waals surface area contributed by atoms with Crippen molar-refractivity contribution in [2.45, 2.75) is 38.4 Å². The number of carbonyl (C=O) groups excluding carboxylic acids is 1. The number of aryl methyl sites for hydroxylation is 1. The second-order valence-corrected chi connectivity index (χ2v) is 7.27. The maximum atomic E-state index is 13.1. The van der Waals surface area contributed by atoms with Crippen LogP contribution in [0.3, 0.4) is 0 Å². The van der Waals surface area contributed by atoms with Crippen molar-refractivity contribution in [2.75, 3.05) is 13.1 Å². The van der Waals surface area contributed by atoms with Crippen LogP contribution >= 0.6 is 11.3 Å². The molecule has 4 nitrogen and oxygen atoms in total. The number of carbonyl (C=O) groups is 1. The van der Waals surface area contributed by atoms with Crippen molar-refractivity contribution in [3.8, 4) is 5.00 Å². The number of alkyl halides is 2. The zero-order valence-corrected chi connectivity index (χ0v) is 13.9. The van der Waals surface area contributed by atoms with Crippen molar-refractivity contribution < 1.29 is 18.3 Å². The predicted octanol–water partition coefficient (Wildman–Crippen LogP) is 3.48. The number of aromatic nitrogens is 1. The number of nitrogens with zero attached hydrogens (tertiary/aromatic N) is 2. The van der Waals surface area contributed by atoms with Crippen LogP contribution in [0.15, 0.2) is 24.5 Å². The van der Waals surface area contributed by atoms with E-state index in [0.717, 1.165) is 35.4 Å². The fourth-order valence-corrected chi connectivity index (χ4v) is 4.94. The average molecular weight is 352 g/mol. The van der Waals surface area contributed by atoms with Gasteiger partial charge in [0.15, 0.2) is 0 Å². The SMILES string of the molecule is O=C(c1c(-n2cccc2)sc2c1CCC2)N1CC[C@H](OC(F)F)C1. The zero-order chi connectivity index (χ0) is 16.7. The molecule has 0 N–H and O–H groups in total. The summed E-state index contributed by atoms with van der Waals surface area (Å²) in [6.07, 6.45) is 6.76. The molecule has 2 aliphatic rings. The number of likely N-dealkylation sites (tertiary alicyclic amines) is 1. The van der Waals surface area contributed by atoms with Crippen LogP contribution in [0.1, 0.15) is 33.6 Å². The molecule has 0 radical (unpaired) electrons. The van der Waals surface area contributed by atoms with E-state index in [4.69, 9.17) is 0 Å². The van der Waals surface area contributed by atoms with Gasteiger partial charge in [-0.1, -0.05) is 0 Å². The summed E-state index contributed by atoms with van der Waals surface area (Å²) in [6.45, 7) is -2.09. The first kappa shape index (κ1) is 15.8. The van der Waals surface area contributed by atoms with Crippen molar-refractivity contribution in [3.05, 3.63) is 40.5 Å². The lowest BCUT2D eigenvalue weighted by Crippen LogP contribution is -2.31. The van der Waals surface area contributed by atoms with E-state index in [0.29, 0.717) is 13.0 Å². The summed E-state index contributed by atoms with van der Waals surface area (Å²) in [5, 5.41) is 0.938. The third-order valence-electron chi connectivity index (χ3n) is 4.68. The van der Waals surface area contributed by atoms with E-state index in [1.165, 1.54) is 4.88 Å². The van der Waals surface area contributed by atoms with Crippen molar-refractivity contribution in [3.63, 3.8) is 0 Å². The minimum absolute atomic E-state index is 0.0570. The van der Waals surface area contributed by atoms with Crippen molar-refractivity contribution in [1.29, 1.82) is 0 Å². The monoisotopic (exact) mass is 352 g/mol. The van der Waals surface area contributed by atoms with Crippen LogP contribution in [0.5, 0.6) is 0 Å². The van der Waals surface area contributed by atoms with Crippen LogP contribution in [0.25, 0.3) is 5.00 Å². The fourth-order valence-electron chi connectivity index (χ4n) is 3.59. The Labute approximate surface area is 142 Å². The van der Waals surface area contributed by atoms with Crippen LogP contribution in [-0.4, -0.2) is 41.2 Å². The topological polar surface area (TPSA) is 34.5 Å². The van der Waals surface area contributed by atoms with Gasteiger partial charge in [-0.2, -0.15) is 8.78 Å². The summed E-state index contributed by atoms with van der Waals surface area (Å²) in [4.78, 5) is 16.0. The van der Waals surface area contributed by atoms with E-state index in [9.17, 15) is 13.6 Å². The Morgan fingerprint density at radius 3 is 2.83 bits per heavy atom. The smallest absolute Gasteiger partial charge is 0.336 e. The van der Waals surface area contributed by atoms with Crippen LogP contribution < -0.4 is 0 Å². The third-order valence-corrected chi connectivity index (χ3v) is 5.99.